The second-order valence-electron chi connectivity index (χ2n) is 11.1. The highest BCUT2D eigenvalue weighted by Gasteiger charge is 2.64. The Morgan fingerprint density at radius 3 is 2.41 bits per heavy atom. The maximum atomic E-state index is 11.7. The highest BCUT2D eigenvalue weighted by atomic mass is 79.9. The maximum absolute atomic E-state index is 11.7. The molecule has 0 radical (unpaired) electrons. The van der Waals surface area contributed by atoms with Crippen molar-refractivity contribution in [1.29, 1.82) is 0 Å². The third kappa shape index (κ3) is 3.08. The molecule has 4 fully saturated rings. The Kier molecular flexibility index (Phi) is 5.56. The molecular formula is C24H41BrO2. The van der Waals surface area contributed by atoms with Gasteiger partial charge in [-0.3, -0.25) is 0 Å². The van der Waals surface area contributed by atoms with Gasteiger partial charge in [0.05, 0.1) is 11.2 Å². The van der Waals surface area contributed by atoms with Crippen LogP contribution in [-0.2, 0) is 0 Å². The van der Waals surface area contributed by atoms with Crippen LogP contribution in [0, 0.1) is 40.9 Å². The predicted octanol–water partition coefficient (Wildman–Crippen LogP) is 5.93. The molecule has 0 bridgehead atoms. The highest BCUT2D eigenvalue weighted by Crippen LogP contribution is 2.67. The summed E-state index contributed by atoms with van der Waals surface area (Å²) in [7, 11) is 0. The number of hydrogen-bond donors (Lipinski definition) is 2. The van der Waals surface area contributed by atoms with E-state index in [-0.39, 0.29) is 11.0 Å². The fourth-order valence-electron chi connectivity index (χ4n) is 8.64. The van der Waals surface area contributed by atoms with Crippen molar-refractivity contribution in [1.82, 2.24) is 0 Å². The zero-order valence-electron chi connectivity index (χ0n) is 17.7. The molecule has 4 rings (SSSR count). The predicted molar refractivity (Wildman–Crippen MR) is 115 cm³/mol. The second-order valence-corrected chi connectivity index (χ2v) is 11.8. The lowest BCUT2D eigenvalue weighted by atomic mass is 9.47. The van der Waals surface area contributed by atoms with Crippen LogP contribution >= 0.6 is 15.9 Å². The molecule has 0 spiro atoms. The lowest BCUT2D eigenvalue weighted by Crippen LogP contribution is -2.56. The van der Waals surface area contributed by atoms with Gasteiger partial charge in [-0.05, 0) is 105 Å². The van der Waals surface area contributed by atoms with Crippen LogP contribution in [0.5, 0.6) is 0 Å². The Balaban J connectivity index is 1.52. The van der Waals surface area contributed by atoms with Crippen LogP contribution in [0.4, 0.5) is 0 Å². The molecule has 0 amide bonds. The normalized spacial score (nSPS) is 53.3. The number of halogens is 1. The first-order valence-corrected chi connectivity index (χ1v) is 12.9. The third-order valence-electron chi connectivity index (χ3n) is 10.1. The van der Waals surface area contributed by atoms with E-state index in [1.165, 1.54) is 38.5 Å². The highest BCUT2D eigenvalue weighted by molar-refractivity contribution is 9.09. The molecule has 4 saturated carbocycles. The molecule has 27 heavy (non-hydrogen) atoms. The van der Waals surface area contributed by atoms with Crippen molar-refractivity contribution >= 4 is 15.9 Å². The van der Waals surface area contributed by atoms with Gasteiger partial charge in [0.15, 0.2) is 0 Å². The van der Waals surface area contributed by atoms with Crippen LogP contribution in [0.15, 0.2) is 0 Å². The minimum atomic E-state index is -0.489. The summed E-state index contributed by atoms with van der Waals surface area (Å²) in [6.07, 6.45) is 12.8. The van der Waals surface area contributed by atoms with Crippen LogP contribution in [-0.4, -0.2) is 26.7 Å². The molecule has 0 aromatic heterocycles. The zero-order valence-corrected chi connectivity index (χ0v) is 19.3. The molecule has 4 aliphatic carbocycles. The lowest BCUT2D eigenvalue weighted by Gasteiger charge is -2.59. The van der Waals surface area contributed by atoms with Crippen molar-refractivity contribution < 1.29 is 10.2 Å². The summed E-state index contributed by atoms with van der Waals surface area (Å²) in [5.74, 6) is 4.31. The summed E-state index contributed by atoms with van der Waals surface area (Å²) < 4.78 is 0. The minimum Gasteiger partial charge on any atom is -0.390 e. The molecule has 0 heterocycles. The van der Waals surface area contributed by atoms with Crippen LogP contribution in [0.1, 0.15) is 91.4 Å². The van der Waals surface area contributed by atoms with E-state index >= 15 is 0 Å². The minimum absolute atomic E-state index is 0.103. The molecule has 4 aliphatic rings. The number of aliphatic hydroxyl groups is 2. The summed E-state index contributed by atoms with van der Waals surface area (Å²) in [6.45, 7) is 6.87. The van der Waals surface area contributed by atoms with E-state index in [0.29, 0.717) is 11.8 Å². The van der Waals surface area contributed by atoms with Crippen LogP contribution in [0.3, 0.4) is 0 Å². The van der Waals surface area contributed by atoms with Gasteiger partial charge in [0.1, 0.15) is 0 Å². The molecule has 9 atom stereocenters. The Bertz CT molecular complexity index is 552. The van der Waals surface area contributed by atoms with Gasteiger partial charge in [0.25, 0.3) is 0 Å². The van der Waals surface area contributed by atoms with Crippen LogP contribution in [0.25, 0.3) is 0 Å². The summed E-state index contributed by atoms with van der Waals surface area (Å²) in [6, 6.07) is 0. The average molecular weight is 441 g/mol. The van der Waals surface area contributed by atoms with Crippen molar-refractivity contribution in [3.63, 3.8) is 0 Å². The Morgan fingerprint density at radius 2 is 1.70 bits per heavy atom. The molecule has 156 valence electrons. The maximum Gasteiger partial charge on any atom is 0.0737 e. The Morgan fingerprint density at radius 1 is 0.963 bits per heavy atom. The third-order valence-corrected chi connectivity index (χ3v) is 11.1. The second kappa shape index (κ2) is 7.27. The van der Waals surface area contributed by atoms with Crippen LogP contribution < -0.4 is 0 Å². The van der Waals surface area contributed by atoms with Crippen molar-refractivity contribution in [3.05, 3.63) is 0 Å². The van der Waals surface area contributed by atoms with E-state index in [1.807, 2.05) is 0 Å². The van der Waals surface area contributed by atoms with E-state index in [2.05, 4.69) is 36.7 Å². The first kappa shape index (κ1) is 20.7. The smallest absolute Gasteiger partial charge is 0.0737 e. The standard InChI is InChI=1S/C24H41BrO2/c1-4-10-23(26)12-8-18-17(14-23)5-6-20-19(18)7-11-22(3)21(20)9-13-24(22,27)16(2)15-25/h16-21,26-27H,4-15H2,1-3H3/t16?,17?,18-,19?,20+,21?,22-,23+,24-/m0/s1. The Hall–Kier alpha value is 0.400. The first-order valence-electron chi connectivity index (χ1n) is 11.8. The lowest BCUT2D eigenvalue weighted by molar-refractivity contribution is -0.156. The van der Waals surface area contributed by atoms with Crippen molar-refractivity contribution in [2.75, 3.05) is 5.33 Å². The van der Waals surface area contributed by atoms with Crippen LogP contribution in [0.2, 0.25) is 0 Å². The molecule has 4 unspecified atom stereocenters. The van der Waals surface area contributed by atoms with Crippen molar-refractivity contribution in [2.24, 2.45) is 40.9 Å². The number of fused-ring (bicyclic) bond motifs is 5. The largest absolute Gasteiger partial charge is 0.390 e. The summed E-state index contributed by atoms with van der Waals surface area (Å²) >= 11 is 3.65. The fourth-order valence-corrected chi connectivity index (χ4v) is 9.18. The SMILES string of the molecule is CCC[C@@]1(O)CC[C@H]2C(CC[C@@H]3C2CC[C@@]2(C)C3CC[C@]2(O)C(C)CBr)C1. The first-order chi connectivity index (χ1) is 12.8. The van der Waals surface area contributed by atoms with Crippen molar-refractivity contribution in [3.8, 4) is 0 Å². The monoisotopic (exact) mass is 440 g/mol. The van der Waals surface area contributed by atoms with Gasteiger partial charge in [-0.25, -0.2) is 0 Å². The summed E-state index contributed by atoms with van der Waals surface area (Å²) in [4.78, 5) is 0. The molecule has 0 aromatic carbocycles. The quantitative estimate of drug-likeness (QED) is 0.531. The number of rotatable bonds is 4. The topological polar surface area (TPSA) is 40.5 Å². The van der Waals surface area contributed by atoms with Gasteiger partial charge >= 0.3 is 0 Å². The average Bonchev–Trinajstić information content (AvgIpc) is 2.93. The number of alkyl halides is 1. The molecule has 2 nitrogen and oxygen atoms in total. The fraction of sp³-hybridized carbons (Fsp3) is 1.00. The van der Waals surface area contributed by atoms with E-state index in [1.54, 1.807) is 0 Å². The van der Waals surface area contributed by atoms with Crippen molar-refractivity contribution in [2.45, 2.75) is 103 Å². The van der Waals surface area contributed by atoms with Gasteiger partial charge in [-0.1, -0.05) is 43.1 Å². The van der Waals surface area contributed by atoms with E-state index in [4.69, 9.17) is 0 Å². The molecule has 0 saturated heterocycles. The van der Waals surface area contributed by atoms with Gasteiger partial charge in [-0.2, -0.15) is 0 Å². The summed E-state index contributed by atoms with van der Waals surface area (Å²) in [5, 5.41) is 23.6. The molecule has 3 heteroatoms. The van der Waals surface area contributed by atoms with Gasteiger partial charge in [0, 0.05) is 5.33 Å². The van der Waals surface area contributed by atoms with Gasteiger partial charge in [-0.15, -0.1) is 0 Å². The van der Waals surface area contributed by atoms with E-state index in [9.17, 15) is 10.2 Å². The Labute approximate surface area is 175 Å². The summed E-state index contributed by atoms with van der Waals surface area (Å²) in [5.41, 5.74) is -0.756. The van der Waals surface area contributed by atoms with E-state index in [0.717, 1.165) is 61.1 Å². The van der Waals surface area contributed by atoms with Gasteiger partial charge in [0.2, 0.25) is 0 Å². The molecule has 0 aliphatic heterocycles. The number of hydrogen-bond acceptors (Lipinski definition) is 2. The van der Waals surface area contributed by atoms with Gasteiger partial charge < -0.3 is 10.2 Å². The zero-order chi connectivity index (χ0) is 19.4. The molecule has 0 aromatic rings. The molecule has 2 N–H and O–H groups in total. The molecular weight excluding hydrogens is 400 g/mol. The van der Waals surface area contributed by atoms with E-state index < -0.39 is 5.60 Å².